The molecule has 1 aliphatic rings. The molecular weight excluding hydrogens is 374 g/mol. The fourth-order valence-electron chi connectivity index (χ4n) is 3.37. The first-order valence-electron chi connectivity index (χ1n) is 9.23. The number of carbonyl (C=O) groups excluding carboxylic acids is 3. The molecule has 0 aliphatic carbocycles. The van der Waals surface area contributed by atoms with Crippen molar-refractivity contribution in [3.8, 4) is 11.5 Å². The van der Waals surface area contributed by atoms with E-state index in [1.807, 2.05) is 0 Å². The summed E-state index contributed by atoms with van der Waals surface area (Å²) in [6.07, 6.45) is 0. The average molecular weight is 397 g/mol. The van der Waals surface area contributed by atoms with E-state index in [1.165, 1.54) is 14.2 Å². The minimum absolute atomic E-state index is 0.0778. The lowest BCUT2D eigenvalue weighted by molar-refractivity contribution is -0.151. The van der Waals surface area contributed by atoms with Crippen LogP contribution in [0.5, 0.6) is 11.5 Å². The maximum absolute atomic E-state index is 12.9. The maximum atomic E-state index is 12.9. The Morgan fingerprint density at radius 3 is 2.10 bits per heavy atom. The smallest absolute Gasteiger partial charge is 0.329 e. The zero-order valence-corrected chi connectivity index (χ0v) is 16.8. The van der Waals surface area contributed by atoms with E-state index in [4.69, 9.17) is 14.2 Å². The van der Waals surface area contributed by atoms with Gasteiger partial charge in [0, 0.05) is 5.56 Å². The van der Waals surface area contributed by atoms with Gasteiger partial charge in [-0.1, -0.05) is 26.0 Å². The molecule has 29 heavy (non-hydrogen) atoms. The number of ether oxygens (including phenoxy) is 3. The molecule has 2 aromatic carbocycles. The van der Waals surface area contributed by atoms with Crippen LogP contribution in [-0.4, -0.2) is 42.9 Å². The highest BCUT2D eigenvalue weighted by atomic mass is 16.5. The molecule has 7 heteroatoms. The number of carbonyl (C=O) groups is 3. The Kier molecular flexibility index (Phi) is 5.87. The molecule has 0 unspecified atom stereocenters. The van der Waals surface area contributed by atoms with Crippen LogP contribution < -0.4 is 9.47 Å². The van der Waals surface area contributed by atoms with Gasteiger partial charge in [0.1, 0.15) is 24.1 Å². The Labute approximate surface area is 169 Å². The van der Waals surface area contributed by atoms with Gasteiger partial charge in [-0.3, -0.25) is 14.5 Å². The summed E-state index contributed by atoms with van der Waals surface area (Å²) in [5.74, 6) is -0.810. The highest BCUT2D eigenvalue weighted by Gasteiger charge is 2.44. The summed E-state index contributed by atoms with van der Waals surface area (Å²) < 4.78 is 16.0. The predicted octanol–water partition coefficient (Wildman–Crippen LogP) is 3.07. The molecule has 1 aliphatic heterocycles. The van der Waals surface area contributed by atoms with Gasteiger partial charge >= 0.3 is 5.97 Å². The SMILES string of the molecule is COc1ccc(OC)c(COC(=O)[C@@H](C(C)C)N2C(=O)c3ccccc3C2=O)c1. The van der Waals surface area contributed by atoms with Crippen LogP contribution in [0.1, 0.15) is 40.1 Å². The fourth-order valence-corrected chi connectivity index (χ4v) is 3.37. The molecule has 2 amide bonds. The molecule has 1 heterocycles. The number of methoxy groups -OCH3 is 2. The third kappa shape index (κ3) is 3.81. The monoisotopic (exact) mass is 397 g/mol. The van der Waals surface area contributed by atoms with Gasteiger partial charge in [-0.2, -0.15) is 0 Å². The topological polar surface area (TPSA) is 82.1 Å². The number of esters is 1. The van der Waals surface area contributed by atoms with Crippen molar-refractivity contribution in [3.05, 3.63) is 59.2 Å². The van der Waals surface area contributed by atoms with E-state index in [2.05, 4.69) is 0 Å². The third-order valence-corrected chi connectivity index (χ3v) is 4.83. The number of fused-ring (bicyclic) bond motifs is 1. The Morgan fingerprint density at radius 2 is 1.59 bits per heavy atom. The van der Waals surface area contributed by atoms with E-state index in [1.54, 1.807) is 56.3 Å². The van der Waals surface area contributed by atoms with Crippen LogP contribution in [0.3, 0.4) is 0 Å². The second kappa shape index (κ2) is 8.34. The molecule has 0 radical (unpaired) electrons. The Balaban J connectivity index is 1.82. The Bertz CT molecular complexity index is 917. The first-order valence-corrected chi connectivity index (χ1v) is 9.23. The number of hydrogen-bond donors (Lipinski definition) is 0. The van der Waals surface area contributed by atoms with Gasteiger partial charge in [0.05, 0.1) is 25.3 Å². The molecule has 2 aromatic rings. The summed E-state index contributed by atoms with van der Waals surface area (Å²) in [5, 5.41) is 0. The van der Waals surface area contributed by atoms with Crippen LogP contribution in [-0.2, 0) is 16.1 Å². The summed E-state index contributed by atoms with van der Waals surface area (Å²) in [6.45, 7) is 3.45. The van der Waals surface area contributed by atoms with Crippen molar-refractivity contribution in [1.82, 2.24) is 4.90 Å². The minimum atomic E-state index is -1.03. The van der Waals surface area contributed by atoms with Gasteiger partial charge in [-0.15, -0.1) is 0 Å². The molecule has 0 bridgehead atoms. The number of amides is 2. The number of benzene rings is 2. The summed E-state index contributed by atoms with van der Waals surface area (Å²) in [6, 6.07) is 10.7. The van der Waals surface area contributed by atoms with Gasteiger partial charge in [0.2, 0.25) is 0 Å². The normalized spacial score (nSPS) is 14.0. The summed E-state index contributed by atoms with van der Waals surface area (Å²) in [5.41, 5.74) is 1.21. The lowest BCUT2D eigenvalue weighted by Crippen LogP contribution is -2.48. The van der Waals surface area contributed by atoms with E-state index in [0.717, 1.165) is 4.90 Å². The lowest BCUT2D eigenvalue weighted by Gasteiger charge is -2.27. The zero-order chi connectivity index (χ0) is 21.1. The highest BCUT2D eigenvalue weighted by Crippen LogP contribution is 2.29. The van der Waals surface area contributed by atoms with Crippen LogP contribution in [0.15, 0.2) is 42.5 Å². The first-order chi connectivity index (χ1) is 13.9. The van der Waals surface area contributed by atoms with Gasteiger partial charge in [-0.25, -0.2) is 4.79 Å². The molecule has 7 nitrogen and oxygen atoms in total. The van der Waals surface area contributed by atoms with Crippen LogP contribution in [0, 0.1) is 5.92 Å². The largest absolute Gasteiger partial charge is 0.497 e. The number of hydrogen-bond acceptors (Lipinski definition) is 6. The summed E-state index contributed by atoms with van der Waals surface area (Å²) in [7, 11) is 3.05. The number of imide groups is 1. The third-order valence-electron chi connectivity index (χ3n) is 4.83. The molecule has 0 aromatic heterocycles. The van der Waals surface area contributed by atoms with Crippen LogP contribution in [0.2, 0.25) is 0 Å². The summed E-state index contributed by atoms with van der Waals surface area (Å²) >= 11 is 0. The van der Waals surface area contributed by atoms with Crippen molar-refractivity contribution in [2.45, 2.75) is 26.5 Å². The van der Waals surface area contributed by atoms with Crippen molar-refractivity contribution >= 4 is 17.8 Å². The second-order valence-electron chi connectivity index (χ2n) is 7.00. The van der Waals surface area contributed by atoms with Gasteiger partial charge in [0.15, 0.2) is 0 Å². The molecule has 0 spiro atoms. The van der Waals surface area contributed by atoms with E-state index in [-0.39, 0.29) is 12.5 Å². The quantitative estimate of drug-likeness (QED) is 0.528. The van der Waals surface area contributed by atoms with Gasteiger partial charge < -0.3 is 14.2 Å². The first kappa shape index (κ1) is 20.4. The molecule has 0 saturated carbocycles. The highest BCUT2D eigenvalue weighted by molar-refractivity contribution is 6.22. The summed E-state index contributed by atoms with van der Waals surface area (Å²) in [4.78, 5) is 39.5. The molecule has 152 valence electrons. The maximum Gasteiger partial charge on any atom is 0.329 e. The van der Waals surface area contributed by atoms with E-state index in [0.29, 0.717) is 28.2 Å². The van der Waals surface area contributed by atoms with Crippen molar-refractivity contribution in [1.29, 1.82) is 0 Å². The molecule has 0 saturated heterocycles. The average Bonchev–Trinajstić information content (AvgIpc) is 2.97. The van der Waals surface area contributed by atoms with Crippen LogP contribution in [0.25, 0.3) is 0 Å². The standard InChI is InChI=1S/C22H23NO6/c1-13(2)19(23-20(24)16-7-5-6-8-17(16)21(23)25)22(26)29-12-14-11-15(27-3)9-10-18(14)28-4/h5-11,13,19H,12H2,1-4H3/t19-/m1/s1. The van der Waals surface area contributed by atoms with E-state index < -0.39 is 23.8 Å². The van der Waals surface area contributed by atoms with Crippen molar-refractivity contribution in [2.75, 3.05) is 14.2 Å². The molecule has 1 atom stereocenters. The van der Waals surface area contributed by atoms with Crippen molar-refractivity contribution < 1.29 is 28.6 Å². The molecular formula is C22H23NO6. The Morgan fingerprint density at radius 1 is 0.966 bits per heavy atom. The molecule has 3 rings (SSSR count). The zero-order valence-electron chi connectivity index (χ0n) is 16.8. The van der Waals surface area contributed by atoms with Crippen LogP contribution in [0.4, 0.5) is 0 Å². The van der Waals surface area contributed by atoms with Crippen LogP contribution >= 0.6 is 0 Å². The van der Waals surface area contributed by atoms with Crippen molar-refractivity contribution in [2.24, 2.45) is 5.92 Å². The predicted molar refractivity (Wildman–Crippen MR) is 105 cm³/mol. The number of nitrogens with zero attached hydrogens (tertiary/aromatic N) is 1. The Hall–Kier alpha value is -3.35. The van der Waals surface area contributed by atoms with Gasteiger partial charge in [-0.05, 0) is 36.2 Å². The molecule has 0 fully saturated rings. The van der Waals surface area contributed by atoms with E-state index in [9.17, 15) is 14.4 Å². The van der Waals surface area contributed by atoms with E-state index >= 15 is 0 Å². The van der Waals surface area contributed by atoms with Crippen molar-refractivity contribution in [3.63, 3.8) is 0 Å². The van der Waals surface area contributed by atoms with Gasteiger partial charge in [0.25, 0.3) is 11.8 Å². The fraction of sp³-hybridized carbons (Fsp3) is 0.318. The number of rotatable bonds is 7. The minimum Gasteiger partial charge on any atom is -0.497 e. The lowest BCUT2D eigenvalue weighted by atomic mass is 10.0. The molecule has 0 N–H and O–H groups in total. The second-order valence-corrected chi connectivity index (χ2v) is 7.00.